The van der Waals surface area contributed by atoms with Gasteiger partial charge in [-0.3, -0.25) is 4.79 Å². The van der Waals surface area contributed by atoms with E-state index in [1.54, 1.807) is 18.2 Å². The highest BCUT2D eigenvalue weighted by Gasteiger charge is 2.44. The molecule has 0 aromatic heterocycles. The number of hydrogen-bond acceptors (Lipinski definition) is 10. The summed E-state index contributed by atoms with van der Waals surface area (Å²) < 4.78 is 10.8. The molecule has 1 heterocycles. The number of aryl methyl sites for hydroxylation is 2. The van der Waals surface area contributed by atoms with E-state index < -0.39 is 37.0 Å². The number of benzene rings is 2. The van der Waals surface area contributed by atoms with Gasteiger partial charge in [0.05, 0.1) is 6.10 Å². The lowest BCUT2D eigenvalue weighted by Crippen LogP contribution is -2.58. The van der Waals surface area contributed by atoms with Gasteiger partial charge in [-0.2, -0.15) is 0 Å². The Labute approximate surface area is 196 Å². The molecule has 2 aromatic rings. The van der Waals surface area contributed by atoms with Crippen LogP contribution in [-0.4, -0.2) is 78.5 Å². The van der Waals surface area contributed by atoms with Gasteiger partial charge in [0.15, 0.2) is 24.1 Å². The van der Waals surface area contributed by atoms with Crippen molar-refractivity contribution in [3.05, 3.63) is 53.6 Å². The number of Topliss-reactive ketones (excluding diaryl/α,β-unsaturated/α-hetero) is 1. The molecule has 3 rings (SSSR count). The number of hydrogen-bond donors (Lipinski definition) is 7. The maximum atomic E-state index is 12.7. The zero-order valence-electron chi connectivity index (χ0n) is 18.4. The smallest absolute Gasteiger partial charge is 0.189 e. The Balaban J connectivity index is 1.64. The summed E-state index contributed by atoms with van der Waals surface area (Å²) in [5, 5.41) is 68.0. The van der Waals surface area contributed by atoms with Crippen LogP contribution in [0.2, 0.25) is 0 Å². The van der Waals surface area contributed by atoms with E-state index in [-0.39, 0.29) is 35.9 Å². The minimum Gasteiger partial charge on any atom is -0.508 e. The zero-order chi connectivity index (χ0) is 24.8. The number of ketones is 1. The summed E-state index contributed by atoms with van der Waals surface area (Å²) >= 11 is 0. The summed E-state index contributed by atoms with van der Waals surface area (Å²) in [6, 6.07) is 10.8. The third-order valence-electron chi connectivity index (χ3n) is 5.75. The predicted octanol–water partition coefficient (Wildman–Crippen LogP) is 0.471. The van der Waals surface area contributed by atoms with Crippen molar-refractivity contribution >= 4 is 5.78 Å². The standard InChI is InChI=1S/C24H30O10/c25-15-6-1-13(2-7-15)4-9-17(33-24-22(31)20(29)21(30)23(32)34-24)12-16(26)8-3-14-5-10-18(27)19(28)11-14/h1-2,5-7,10-11,17,20-25,27-32H,3-4,8-9,12H2/t17?,20-,21-,22+,23-,24+/m1/s1. The van der Waals surface area contributed by atoms with E-state index in [1.165, 1.54) is 24.3 Å². The SMILES string of the molecule is O=C(CCc1ccc(O)c(O)c1)CC(CCc1ccc(O)cc1)O[C@H]1O[C@@H](O)[C@H](O)[C@@H](O)[C@@H]1O. The van der Waals surface area contributed by atoms with Crippen LogP contribution >= 0.6 is 0 Å². The second-order valence-corrected chi connectivity index (χ2v) is 8.40. The minimum atomic E-state index is -1.76. The molecule has 0 saturated carbocycles. The highest BCUT2D eigenvalue weighted by Crippen LogP contribution is 2.27. The van der Waals surface area contributed by atoms with Crippen molar-refractivity contribution in [1.82, 2.24) is 0 Å². The molecule has 1 unspecified atom stereocenters. The lowest BCUT2D eigenvalue weighted by Gasteiger charge is -2.39. The molecule has 1 saturated heterocycles. The Hall–Kier alpha value is -2.73. The number of phenols is 3. The van der Waals surface area contributed by atoms with Crippen molar-refractivity contribution in [2.24, 2.45) is 0 Å². The Bertz CT molecular complexity index is 947. The Morgan fingerprint density at radius 3 is 2.21 bits per heavy atom. The van der Waals surface area contributed by atoms with Gasteiger partial charge in [0, 0.05) is 12.8 Å². The number of rotatable bonds is 10. The van der Waals surface area contributed by atoms with Crippen LogP contribution in [0.3, 0.4) is 0 Å². The molecule has 10 heteroatoms. The summed E-state index contributed by atoms with van der Waals surface area (Å²) in [5.74, 6) is -0.581. The van der Waals surface area contributed by atoms with Crippen molar-refractivity contribution in [2.75, 3.05) is 0 Å². The van der Waals surface area contributed by atoms with Gasteiger partial charge in [0.1, 0.15) is 29.8 Å². The second-order valence-electron chi connectivity index (χ2n) is 8.40. The average Bonchev–Trinajstić information content (AvgIpc) is 2.81. The molecule has 0 spiro atoms. The minimum absolute atomic E-state index is 0.0521. The molecule has 1 aliphatic heterocycles. The van der Waals surface area contributed by atoms with Gasteiger partial charge in [-0.1, -0.05) is 18.2 Å². The van der Waals surface area contributed by atoms with Crippen LogP contribution in [0, 0.1) is 0 Å². The second kappa shape index (κ2) is 11.6. The maximum Gasteiger partial charge on any atom is 0.189 e. The van der Waals surface area contributed by atoms with Gasteiger partial charge in [-0.05, 0) is 54.7 Å². The van der Waals surface area contributed by atoms with Crippen LogP contribution in [0.4, 0.5) is 0 Å². The first-order valence-electron chi connectivity index (χ1n) is 11.0. The van der Waals surface area contributed by atoms with E-state index in [9.17, 15) is 40.5 Å². The van der Waals surface area contributed by atoms with Gasteiger partial charge in [0.2, 0.25) is 0 Å². The molecular weight excluding hydrogens is 448 g/mol. The first-order valence-corrected chi connectivity index (χ1v) is 11.0. The molecule has 0 bridgehead atoms. The van der Waals surface area contributed by atoms with E-state index in [2.05, 4.69) is 0 Å². The first kappa shape index (κ1) is 25.9. The number of phenolic OH excluding ortho intramolecular Hbond substituents is 3. The van der Waals surface area contributed by atoms with Crippen LogP contribution in [0.1, 0.15) is 30.4 Å². The van der Waals surface area contributed by atoms with Gasteiger partial charge in [-0.15, -0.1) is 0 Å². The average molecular weight is 478 g/mol. The number of ether oxygens (including phenoxy) is 2. The molecule has 0 aliphatic carbocycles. The largest absolute Gasteiger partial charge is 0.508 e. The van der Waals surface area contributed by atoms with Gasteiger partial charge in [-0.25, -0.2) is 0 Å². The molecule has 6 atom stereocenters. The molecule has 0 radical (unpaired) electrons. The van der Waals surface area contributed by atoms with Crippen LogP contribution in [-0.2, 0) is 27.1 Å². The van der Waals surface area contributed by atoms with Gasteiger partial charge in [0.25, 0.3) is 0 Å². The van der Waals surface area contributed by atoms with E-state index in [0.717, 1.165) is 5.56 Å². The van der Waals surface area contributed by atoms with Crippen molar-refractivity contribution in [3.63, 3.8) is 0 Å². The summed E-state index contributed by atoms with van der Waals surface area (Å²) in [6.45, 7) is 0. The highest BCUT2D eigenvalue weighted by molar-refractivity contribution is 5.79. The van der Waals surface area contributed by atoms with Crippen LogP contribution in [0.15, 0.2) is 42.5 Å². The third-order valence-corrected chi connectivity index (χ3v) is 5.75. The molecule has 34 heavy (non-hydrogen) atoms. The molecule has 2 aromatic carbocycles. The van der Waals surface area contributed by atoms with E-state index in [1.807, 2.05) is 0 Å². The zero-order valence-corrected chi connectivity index (χ0v) is 18.4. The highest BCUT2D eigenvalue weighted by atomic mass is 16.7. The van der Waals surface area contributed by atoms with Crippen LogP contribution < -0.4 is 0 Å². The summed E-state index contributed by atoms with van der Waals surface area (Å²) in [5.41, 5.74) is 1.54. The van der Waals surface area contributed by atoms with Gasteiger partial charge >= 0.3 is 0 Å². The third kappa shape index (κ3) is 6.89. The number of carbonyl (C=O) groups is 1. The quantitative estimate of drug-likeness (QED) is 0.238. The fraction of sp³-hybridized carbons (Fsp3) is 0.458. The number of carbonyl (C=O) groups excluding carboxylic acids is 1. The normalized spacial score (nSPS) is 25.7. The molecule has 7 N–H and O–H groups in total. The van der Waals surface area contributed by atoms with E-state index in [4.69, 9.17) is 9.47 Å². The monoisotopic (exact) mass is 478 g/mol. The Morgan fingerprint density at radius 2 is 1.53 bits per heavy atom. The van der Waals surface area contributed by atoms with Gasteiger partial charge < -0.3 is 45.2 Å². The number of aliphatic hydroxyl groups is 4. The van der Waals surface area contributed by atoms with E-state index >= 15 is 0 Å². The van der Waals surface area contributed by atoms with Crippen molar-refractivity contribution in [2.45, 2.75) is 69.1 Å². The van der Waals surface area contributed by atoms with Crippen molar-refractivity contribution in [3.8, 4) is 17.2 Å². The summed E-state index contributed by atoms with van der Waals surface area (Å²) in [7, 11) is 0. The molecule has 0 amide bonds. The molecule has 1 fully saturated rings. The fourth-order valence-electron chi connectivity index (χ4n) is 3.71. The van der Waals surface area contributed by atoms with E-state index in [0.29, 0.717) is 24.8 Å². The summed E-state index contributed by atoms with van der Waals surface area (Å²) in [4.78, 5) is 12.7. The molecular formula is C24H30O10. The fourth-order valence-corrected chi connectivity index (χ4v) is 3.71. The summed E-state index contributed by atoms with van der Waals surface area (Å²) in [6.07, 6.45) is -7.79. The number of aliphatic hydroxyl groups excluding tert-OH is 4. The van der Waals surface area contributed by atoms with Crippen molar-refractivity contribution in [1.29, 1.82) is 0 Å². The first-order chi connectivity index (χ1) is 16.1. The van der Waals surface area contributed by atoms with Crippen LogP contribution in [0.25, 0.3) is 0 Å². The molecule has 1 aliphatic rings. The molecule has 186 valence electrons. The Kier molecular flexibility index (Phi) is 8.84. The number of aromatic hydroxyl groups is 3. The van der Waals surface area contributed by atoms with Crippen molar-refractivity contribution < 1.29 is 50.0 Å². The lowest BCUT2D eigenvalue weighted by molar-refractivity contribution is -0.347. The Morgan fingerprint density at radius 1 is 0.853 bits per heavy atom. The van der Waals surface area contributed by atoms with Crippen LogP contribution in [0.5, 0.6) is 17.2 Å². The predicted molar refractivity (Wildman–Crippen MR) is 118 cm³/mol. The maximum absolute atomic E-state index is 12.7. The molecule has 10 nitrogen and oxygen atoms in total. The topological polar surface area (TPSA) is 177 Å². The lowest BCUT2D eigenvalue weighted by atomic mass is 9.99.